The molecule has 2 aliphatic heterocycles. The molecule has 1 saturated heterocycles. The molecule has 2 aliphatic rings. The van der Waals surface area contributed by atoms with Crippen LogP contribution in [-0.4, -0.2) is 59.9 Å². The van der Waals surface area contributed by atoms with E-state index in [0.29, 0.717) is 59.8 Å². The van der Waals surface area contributed by atoms with E-state index in [4.69, 9.17) is 9.47 Å². The van der Waals surface area contributed by atoms with Crippen LogP contribution in [0.4, 0.5) is 10.1 Å². The molecular formula is C33H33FN4O4. The van der Waals surface area contributed by atoms with E-state index >= 15 is 0 Å². The Morgan fingerprint density at radius 1 is 1.07 bits per heavy atom. The normalized spacial score (nSPS) is 15.9. The molecule has 0 radical (unpaired) electrons. The van der Waals surface area contributed by atoms with E-state index < -0.39 is 0 Å². The van der Waals surface area contributed by atoms with Gasteiger partial charge < -0.3 is 19.3 Å². The van der Waals surface area contributed by atoms with Gasteiger partial charge in [0.1, 0.15) is 17.3 Å². The number of fused-ring (bicyclic) bond motifs is 2. The number of aromatic nitrogens is 2. The Kier molecular flexibility index (Phi) is 8.10. The number of anilines is 1. The third-order valence-electron chi connectivity index (χ3n) is 8.20. The van der Waals surface area contributed by atoms with Crippen molar-refractivity contribution in [3.05, 3.63) is 89.4 Å². The lowest BCUT2D eigenvalue weighted by atomic mass is 9.89. The molecule has 1 amide bonds. The van der Waals surface area contributed by atoms with Gasteiger partial charge in [-0.3, -0.25) is 14.6 Å². The van der Waals surface area contributed by atoms with E-state index in [0.717, 1.165) is 37.1 Å². The average molecular weight is 569 g/mol. The summed E-state index contributed by atoms with van der Waals surface area (Å²) in [4.78, 5) is 38.6. The minimum atomic E-state index is -0.368. The second-order valence-corrected chi connectivity index (χ2v) is 10.9. The van der Waals surface area contributed by atoms with Gasteiger partial charge in [0.2, 0.25) is 5.88 Å². The van der Waals surface area contributed by atoms with Crippen molar-refractivity contribution in [2.24, 2.45) is 5.92 Å². The second-order valence-electron chi connectivity index (χ2n) is 10.9. The molecule has 0 aliphatic carbocycles. The standard InChI is InChI=1S/C33H33FN4O4/c1-41-31-10-8-27-33(36-31)25(26(34)19-35-27)13-16-37-14-11-24(12-15-37)29(39)18-23-7-9-30-28(17-23)38(32(40)21-42-30)20-22-5-3-2-4-6-22/h2-10,17,19,24H,11-16,18,20-21H2,1H3. The van der Waals surface area contributed by atoms with Gasteiger partial charge in [-0.2, -0.15) is 0 Å². The van der Waals surface area contributed by atoms with Crippen LogP contribution in [0.3, 0.4) is 0 Å². The molecule has 0 spiro atoms. The van der Waals surface area contributed by atoms with Gasteiger partial charge in [-0.05, 0) is 61.7 Å². The van der Waals surface area contributed by atoms with Crippen LogP contribution in [0.5, 0.6) is 11.6 Å². The van der Waals surface area contributed by atoms with Crippen LogP contribution >= 0.6 is 0 Å². The largest absolute Gasteiger partial charge is 0.482 e. The first-order chi connectivity index (χ1) is 20.5. The minimum absolute atomic E-state index is 0.00537. The first kappa shape index (κ1) is 27.8. The molecule has 0 saturated carbocycles. The molecular weight excluding hydrogens is 535 g/mol. The fourth-order valence-corrected chi connectivity index (χ4v) is 5.82. The molecule has 0 atom stereocenters. The molecule has 2 aromatic heterocycles. The maximum atomic E-state index is 14.7. The predicted octanol–water partition coefficient (Wildman–Crippen LogP) is 4.77. The monoisotopic (exact) mass is 568 g/mol. The fraction of sp³-hybridized carbons (Fsp3) is 0.333. The number of ketones is 1. The van der Waals surface area contributed by atoms with E-state index in [-0.39, 0.29) is 30.0 Å². The van der Waals surface area contributed by atoms with Gasteiger partial charge in [-0.15, -0.1) is 0 Å². The number of carbonyl (C=O) groups is 2. The molecule has 216 valence electrons. The SMILES string of the molecule is COc1ccc2ncc(F)c(CCN3CCC(C(=O)Cc4ccc5c(c4)N(Cc4ccccc4)C(=O)CO5)CC3)c2n1. The van der Waals surface area contributed by atoms with Crippen molar-refractivity contribution in [2.45, 2.75) is 32.2 Å². The zero-order valence-electron chi connectivity index (χ0n) is 23.6. The summed E-state index contributed by atoms with van der Waals surface area (Å²) < 4.78 is 25.6. The zero-order valence-corrected chi connectivity index (χ0v) is 23.6. The number of piperidine rings is 1. The molecule has 8 nitrogen and oxygen atoms in total. The number of pyridine rings is 2. The minimum Gasteiger partial charge on any atom is -0.482 e. The summed E-state index contributed by atoms with van der Waals surface area (Å²) in [5.41, 5.74) is 4.31. The number of hydrogen-bond donors (Lipinski definition) is 0. The zero-order chi connectivity index (χ0) is 29.1. The number of likely N-dealkylation sites (tertiary alicyclic amines) is 1. The van der Waals surface area contributed by atoms with E-state index in [1.165, 1.54) is 13.3 Å². The second kappa shape index (κ2) is 12.2. The average Bonchev–Trinajstić information content (AvgIpc) is 3.02. The van der Waals surface area contributed by atoms with Gasteiger partial charge in [-0.1, -0.05) is 36.4 Å². The van der Waals surface area contributed by atoms with Crippen molar-refractivity contribution in [2.75, 3.05) is 38.3 Å². The Hall–Kier alpha value is -4.37. The van der Waals surface area contributed by atoms with Gasteiger partial charge in [0, 0.05) is 30.5 Å². The van der Waals surface area contributed by atoms with Crippen molar-refractivity contribution < 1.29 is 23.5 Å². The number of hydrogen-bond acceptors (Lipinski definition) is 7. The van der Waals surface area contributed by atoms with E-state index in [2.05, 4.69) is 14.9 Å². The molecule has 1 fully saturated rings. The van der Waals surface area contributed by atoms with E-state index in [1.54, 1.807) is 17.0 Å². The van der Waals surface area contributed by atoms with Crippen molar-refractivity contribution in [3.8, 4) is 11.6 Å². The van der Waals surface area contributed by atoms with Crippen LogP contribution in [0.25, 0.3) is 11.0 Å². The summed E-state index contributed by atoms with van der Waals surface area (Å²) in [6.07, 6.45) is 3.58. The van der Waals surface area contributed by atoms with E-state index in [1.807, 2.05) is 48.5 Å². The number of amides is 1. The summed E-state index contributed by atoms with van der Waals surface area (Å²) in [5.74, 6) is 0.791. The summed E-state index contributed by atoms with van der Waals surface area (Å²) in [5, 5.41) is 0. The summed E-state index contributed by atoms with van der Waals surface area (Å²) >= 11 is 0. The highest BCUT2D eigenvalue weighted by Crippen LogP contribution is 2.35. The van der Waals surface area contributed by atoms with Crippen molar-refractivity contribution in [3.63, 3.8) is 0 Å². The van der Waals surface area contributed by atoms with Crippen molar-refractivity contribution >= 4 is 28.4 Å². The molecule has 9 heteroatoms. The van der Waals surface area contributed by atoms with Gasteiger partial charge in [0.25, 0.3) is 5.91 Å². The Labute approximate surface area is 244 Å². The molecule has 42 heavy (non-hydrogen) atoms. The number of carbonyl (C=O) groups excluding carboxylic acids is 2. The number of Topliss-reactive ketones (excluding diaryl/α,β-unsaturated/α-hetero) is 1. The van der Waals surface area contributed by atoms with Crippen LogP contribution < -0.4 is 14.4 Å². The van der Waals surface area contributed by atoms with Crippen LogP contribution in [-0.2, 0) is 29.0 Å². The molecule has 0 N–H and O–H groups in total. The lowest BCUT2D eigenvalue weighted by Gasteiger charge is -2.32. The van der Waals surface area contributed by atoms with Crippen molar-refractivity contribution in [1.29, 1.82) is 0 Å². The maximum absolute atomic E-state index is 14.7. The lowest BCUT2D eigenvalue weighted by molar-refractivity contribution is -0.123. The number of rotatable bonds is 9. The number of ether oxygens (including phenoxy) is 2. The first-order valence-electron chi connectivity index (χ1n) is 14.3. The topological polar surface area (TPSA) is 84.9 Å². The number of benzene rings is 2. The van der Waals surface area contributed by atoms with Gasteiger partial charge in [0.05, 0.1) is 36.6 Å². The smallest absolute Gasteiger partial charge is 0.265 e. The molecule has 4 heterocycles. The number of nitrogens with zero attached hydrogens (tertiary/aromatic N) is 4. The highest BCUT2D eigenvalue weighted by atomic mass is 19.1. The van der Waals surface area contributed by atoms with Crippen LogP contribution in [0.2, 0.25) is 0 Å². The summed E-state index contributed by atoms with van der Waals surface area (Å²) in [7, 11) is 1.54. The molecule has 6 rings (SSSR count). The molecule has 0 unspecified atom stereocenters. The number of halogens is 1. The molecule has 4 aromatic rings. The Morgan fingerprint density at radius 3 is 2.67 bits per heavy atom. The molecule has 2 aromatic carbocycles. The van der Waals surface area contributed by atoms with Crippen LogP contribution in [0.1, 0.15) is 29.5 Å². The Morgan fingerprint density at radius 2 is 1.88 bits per heavy atom. The molecule has 0 bridgehead atoms. The van der Waals surface area contributed by atoms with Crippen molar-refractivity contribution in [1.82, 2.24) is 14.9 Å². The quantitative estimate of drug-likeness (QED) is 0.288. The highest BCUT2D eigenvalue weighted by molar-refractivity contribution is 5.98. The van der Waals surface area contributed by atoms with Gasteiger partial charge >= 0.3 is 0 Å². The Bertz CT molecular complexity index is 1600. The highest BCUT2D eigenvalue weighted by Gasteiger charge is 2.28. The summed E-state index contributed by atoms with van der Waals surface area (Å²) in [6.45, 7) is 2.68. The fourth-order valence-electron chi connectivity index (χ4n) is 5.82. The lowest BCUT2D eigenvalue weighted by Crippen LogP contribution is -2.38. The Balaban J connectivity index is 1.06. The maximum Gasteiger partial charge on any atom is 0.265 e. The third kappa shape index (κ3) is 5.97. The van der Waals surface area contributed by atoms with E-state index in [9.17, 15) is 14.0 Å². The number of methoxy groups -OCH3 is 1. The summed E-state index contributed by atoms with van der Waals surface area (Å²) in [6, 6.07) is 19.0. The van der Waals surface area contributed by atoms with Crippen LogP contribution in [0.15, 0.2) is 66.9 Å². The van der Waals surface area contributed by atoms with Crippen LogP contribution in [0, 0.1) is 11.7 Å². The third-order valence-corrected chi connectivity index (χ3v) is 8.20. The van der Waals surface area contributed by atoms with Gasteiger partial charge in [-0.25, -0.2) is 9.37 Å². The predicted molar refractivity (Wildman–Crippen MR) is 157 cm³/mol. The first-order valence-corrected chi connectivity index (χ1v) is 14.3. The van der Waals surface area contributed by atoms with Gasteiger partial charge in [0.15, 0.2) is 6.61 Å².